The second kappa shape index (κ2) is 16.4. The Hall–Kier alpha value is -6.02. The molecule has 1 aliphatic carbocycles. The molecular formula is C45H48F3N9O5. The highest BCUT2D eigenvalue weighted by Crippen LogP contribution is 2.43. The van der Waals surface area contributed by atoms with Crippen LogP contribution in [-0.2, 0) is 15.8 Å². The summed E-state index contributed by atoms with van der Waals surface area (Å²) in [6.45, 7) is 5.99. The summed E-state index contributed by atoms with van der Waals surface area (Å²) in [5.41, 5.74) is 1.65. The number of piperidine rings is 2. The molecule has 62 heavy (non-hydrogen) atoms. The van der Waals surface area contributed by atoms with Crippen LogP contribution in [0, 0.1) is 16.7 Å². The fraction of sp³-hybridized carbons (Fsp3) is 0.489. The Labute approximate surface area is 357 Å². The number of benzene rings is 2. The van der Waals surface area contributed by atoms with Crippen molar-refractivity contribution < 1.29 is 37.1 Å². The third-order valence-corrected chi connectivity index (χ3v) is 14.0. The van der Waals surface area contributed by atoms with Gasteiger partial charge in [-0.25, -0.2) is 4.98 Å². The minimum absolute atomic E-state index is 0.00642. The van der Waals surface area contributed by atoms with E-state index >= 15 is 0 Å². The number of alkyl halides is 3. The summed E-state index contributed by atoms with van der Waals surface area (Å²) in [7, 11) is 0. The third-order valence-electron chi connectivity index (χ3n) is 14.0. The summed E-state index contributed by atoms with van der Waals surface area (Å²) in [4.78, 5) is 77.6. The van der Waals surface area contributed by atoms with Gasteiger partial charge >= 0.3 is 6.18 Å². The summed E-state index contributed by atoms with van der Waals surface area (Å²) in [6, 6.07) is 15.3. The van der Waals surface area contributed by atoms with E-state index in [4.69, 9.17) is 5.26 Å². The van der Waals surface area contributed by atoms with Gasteiger partial charge in [0, 0.05) is 87.8 Å². The number of hydrogen-bond acceptors (Lipinski definition) is 11. The fourth-order valence-corrected chi connectivity index (χ4v) is 10.4. The molecule has 2 aromatic carbocycles. The molecule has 6 aliphatic rings. The molecule has 5 fully saturated rings. The van der Waals surface area contributed by atoms with E-state index in [0.29, 0.717) is 43.5 Å². The van der Waals surface area contributed by atoms with Gasteiger partial charge in [-0.05, 0) is 105 Å². The number of nitrogens with zero attached hydrogens (tertiary/aromatic N) is 7. The van der Waals surface area contributed by atoms with E-state index in [9.17, 15) is 37.1 Å². The number of rotatable bonds is 7. The predicted molar refractivity (Wildman–Crippen MR) is 221 cm³/mol. The van der Waals surface area contributed by atoms with Gasteiger partial charge in [0.25, 0.3) is 17.7 Å². The standard InChI is InChI=1S/C45H48F3N9O5/c46-45(47,48)36-24-33(26-50-37(36)25-49)53-16-13-44(14-17-53)15-18-56(27-44)41(60)28-1-6-31(7-2-28)54-19-21-55(22-20-54)32-8-3-29(4-9-32)51-30-5-10-34-35(23-30)43(62)57(42(34)61)38-11-12-39(58)52-40(38)59/h1-2,5-7,10,23-24,26,29,32,38,51H,3-4,8-9,11-22,27H2,(H,52,58,59). The first-order valence-corrected chi connectivity index (χ1v) is 21.5. The lowest BCUT2D eigenvalue weighted by molar-refractivity contribution is -0.138. The van der Waals surface area contributed by atoms with Crippen LogP contribution in [0.5, 0.6) is 0 Å². The van der Waals surface area contributed by atoms with E-state index in [1.807, 2.05) is 40.1 Å². The molecule has 1 atom stereocenters. The Morgan fingerprint density at radius 3 is 2.16 bits per heavy atom. The first-order valence-electron chi connectivity index (χ1n) is 21.5. The molecule has 5 aliphatic heterocycles. The summed E-state index contributed by atoms with van der Waals surface area (Å²) in [6.07, 6.45) is 3.22. The Kier molecular flexibility index (Phi) is 10.9. The number of carbonyl (C=O) groups is 5. The van der Waals surface area contributed by atoms with Crippen LogP contribution in [0.4, 0.5) is 30.2 Å². The molecule has 0 bridgehead atoms. The zero-order valence-corrected chi connectivity index (χ0v) is 34.3. The van der Waals surface area contributed by atoms with E-state index in [1.54, 1.807) is 12.1 Å². The molecule has 324 valence electrons. The van der Waals surface area contributed by atoms with Crippen molar-refractivity contribution >= 4 is 46.6 Å². The fourth-order valence-electron chi connectivity index (χ4n) is 10.4. The number of likely N-dealkylation sites (tertiary alicyclic amines) is 1. The minimum atomic E-state index is -4.66. The molecule has 6 heterocycles. The molecule has 5 amide bonds. The Bertz CT molecular complexity index is 2330. The molecule has 1 aromatic heterocycles. The summed E-state index contributed by atoms with van der Waals surface area (Å²) in [5, 5.41) is 14.9. The van der Waals surface area contributed by atoms with Gasteiger partial charge in [0.2, 0.25) is 11.8 Å². The van der Waals surface area contributed by atoms with Crippen LogP contribution in [0.1, 0.15) is 100 Å². The molecule has 1 unspecified atom stereocenters. The van der Waals surface area contributed by atoms with Crippen LogP contribution in [0.3, 0.4) is 0 Å². The summed E-state index contributed by atoms with van der Waals surface area (Å²) >= 11 is 0. The summed E-state index contributed by atoms with van der Waals surface area (Å²) < 4.78 is 40.6. The number of hydrogen-bond donors (Lipinski definition) is 2. The first-order chi connectivity index (χ1) is 29.8. The lowest BCUT2D eigenvalue weighted by Gasteiger charge is -2.43. The zero-order chi connectivity index (χ0) is 43.3. The van der Waals surface area contributed by atoms with Crippen LogP contribution in [0.2, 0.25) is 0 Å². The van der Waals surface area contributed by atoms with Crippen molar-refractivity contribution in [3.8, 4) is 6.07 Å². The number of pyridine rings is 1. The van der Waals surface area contributed by atoms with Crippen LogP contribution in [-0.4, -0.2) is 120 Å². The molecule has 4 saturated heterocycles. The average molecular weight is 852 g/mol. The van der Waals surface area contributed by atoms with Crippen molar-refractivity contribution in [3.05, 3.63) is 82.7 Å². The van der Waals surface area contributed by atoms with E-state index in [2.05, 4.69) is 25.4 Å². The second-order valence-corrected chi connectivity index (χ2v) is 17.6. The molecule has 9 rings (SSSR count). The zero-order valence-electron chi connectivity index (χ0n) is 34.3. The number of amides is 5. The molecule has 1 saturated carbocycles. The minimum Gasteiger partial charge on any atom is -0.382 e. The van der Waals surface area contributed by atoms with E-state index < -0.39 is 47.1 Å². The number of carbonyl (C=O) groups excluding carboxylic acids is 5. The Morgan fingerprint density at radius 1 is 0.806 bits per heavy atom. The number of halogens is 3. The maximum Gasteiger partial charge on any atom is 0.419 e. The van der Waals surface area contributed by atoms with Crippen LogP contribution in [0.25, 0.3) is 0 Å². The van der Waals surface area contributed by atoms with Crippen molar-refractivity contribution in [1.29, 1.82) is 5.26 Å². The van der Waals surface area contributed by atoms with Crippen LogP contribution in [0.15, 0.2) is 54.7 Å². The maximum atomic E-state index is 13.6. The molecule has 0 radical (unpaired) electrons. The largest absolute Gasteiger partial charge is 0.419 e. The molecular weight excluding hydrogens is 804 g/mol. The number of aromatic nitrogens is 1. The highest BCUT2D eigenvalue weighted by Gasteiger charge is 2.46. The van der Waals surface area contributed by atoms with E-state index in [-0.39, 0.29) is 41.3 Å². The van der Waals surface area contributed by atoms with Gasteiger partial charge in [0.1, 0.15) is 12.1 Å². The topological polar surface area (TPSA) is 162 Å². The lowest BCUT2D eigenvalue weighted by Crippen LogP contribution is -2.54. The lowest BCUT2D eigenvalue weighted by atomic mass is 9.77. The van der Waals surface area contributed by atoms with E-state index in [0.717, 1.165) is 93.5 Å². The van der Waals surface area contributed by atoms with Gasteiger partial charge < -0.3 is 20.0 Å². The number of nitriles is 1. The van der Waals surface area contributed by atoms with Gasteiger partial charge in [-0.15, -0.1) is 0 Å². The van der Waals surface area contributed by atoms with Gasteiger partial charge in [-0.3, -0.25) is 39.1 Å². The third kappa shape index (κ3) is 7.96. The Morgan fingerprint density at radius 2 is 1.48 bits per heavy atom. The Balaban J connectivity index is 0.718. The monoisotopic (exact) mass is 851 g/mol. The van der Waals surface area contributed by atoms with Crippen molar-refractivity contribution in [2.75, 3.05) is 67.5 Å². The first kappa shape index (κ1) is 41.3. The van der Waals surface area contributed by atoms with Crippen molar-refractivity contribution in [2.24, 2.45) is 5.41 Å². The predicted octanol–water partition coefficient (Wildman–Crippen LogP) is 5.05. The number of piperazine rings is 1. The number of anilines is 3. The van der Waals surface area contributed by atoms with Crippen molar-refractivity contribution in [2.45, 2.75) is 82.1 Å². The van der Waals surface area contributed by atoms with Crippen molar-refractivity contribution in [1.82, 2.24) is 25.0 Å². The molecule has 14 nitrogen and oxygen atoms in total. The normalized spacial score (nSPS) is 24.3. The number of nitrogens with one attached hydrogen (secondary N) is 2. The van der Waals surface area contributed by atoms with Crippen molar-refractivity contribution in [3.63, 3.8) is 0 Å². The van der Waals surface area contributed by atoms with Crippen LogP contribution < -0.4 is 20.4 Å². The second-order valence-electron chi connectivity index (χ2n) is 17.6. The van der Waals surface area contributed by atoms with Gasteiger partial charge in [0.15, 0.2) is 5.69 Å². The molecule has 3 aromatic rings. The average Bonchev–Trinajstić information content (AvgIpc) is 3.80. The maximum absolute atomic E-state index is 13.6. The molecule has 1 spiro atoms. The van der Waals surface area contributed by atoms with Crippen LogP contribution >= 0.6 is 0 Å². The molecule has 17 heteroatoms. The van der Waals surface area contributed by atoms with Gasteiger partial charge in [-0.1, -0.05) is 0 Å². The van der Waals surface area contributed by atoms with Gasteiger partial charge in [-0.2, -0.15) is 18.4 Å². The van der Waals surface area contributed by atoms with E-state index in [1.165, 1.54) is 12.3 Å². The highest BCUT2D eigenvalue weighted by molar-refractivity contribution is 6.23. The SMILES string of the molecule is N#Cc1ncc(N2CCC3(CCN(C(=O)c4ccc(N5CCN(C6CCC(Nc7ccc8c(c7)C(=O)N(C7CCC(=O)NC7=O)C8=O)CC6)CC5)cc4)C3)CC2)cc1C(F)(F)F. The number of imide groups is 2. The quantitative estimate of drug-likeness (QED) is 0.306. The van der Waals surface area contributed by atoms with Gasteiger partial charge in [0.05, 0.1) is 28.6 Å². The smallest absolute Gasteiger partial charge is 0.382 e. The highest BCUT2D eigenvalue weighted by atomic mass is 19.4. The molecule has 2 N–H and O–H groups in total. The summed E-state index contributed by atoms with van der Waals surface area (Å²) in [5.74, 6) is -2.06. The number of fused-ring (bicyclic) bond motifs is 1.